The Hall–Kier alpha value is -1.85. The van der Waals surface area contributed by atoms with E-state index in [4.69, 9.17) is 16.4 Å². The van der Waals surface area contributed by atoms with Gasteiger partial charge in [0.2, 0.25) is 0 Å². The SMILES string of the molecule is CO/N=C(\CCS(=O)(=O)c1ccc(C)cc1)c1ccc(Cl)cc1. The molecule has 0 unspecified atom stereocenters. The van der Waals surface area contributed by atoms with Crippen molar-refractivity contribution in [1.82, 2.24) is 0 Å². The van der Waals surface area contributed by atoms with Crippen LogP contribution in [0.3, 0.4) is 0 Å². The summed E-state index contributed by atoms with van der Waals surface area (Å²) >= 11 is 5.87. The predicted molar refractivity (Wildman–Crippen MR) is 92.8 cm³/mol. The fourth-order valence-corrected chi connectivity index (χ4v) is 3.46. The van der Waals surface area contributed by atoms with Crippen molar-refractivity contribution in [3.05, 3.63) is 64.7 Å². The number of hydrogen-bond acceptors (Lipinski definition) is 4. The first kappa shape index (κ1) is 17.5. The molecule has 0 radical (unpaired) electrons. The van der Waals surface area contributed by atoms with Crippen LogP contribution in [-0.4, -0.2) is 27.0 Å². The van der Waals surface area contributed by atoms with Gasteiger partial charge in [-0.05, 0) is 36.8 Å². The number of hydrogen-bond donors (Lipinski definition) is 0. The van der Waals surface area contributed by atoms with Crippen molar-refractivity contribution in [2.75, 3.05) is 12.9 Å². The number of nitrogens with zero attached hydrogens (tertiary/aromatic N) is 1. The second-order valence-electron chi connectivity index (χ2n) is 5.11. The molecule has 0 saturated carbocycles. The molecule has 122 valence electrons. The largest absolute Gasteiger partial charge is 0.399 e. The molecule has 2 aromatic carbocycles. The molecule has 0 aromatic heterocycles. The van der Waals surface area contributed by atoms with Gasteiger partial charge in [-0.25, -0.2) is 8.42 Å². The van der Waals surface area contributed by atoms with Crippen LogP contribution in [0.15, 0.2) is 58.6 Å². The molecule has 0 fully saturated rings. The van der Waals surface area contributed by atoms with E-state index in [1.54, 1.807) is 48.5 Å². The molecule has 0 heterocycles. The molecule has 0 aliphatic carbocycles. The van der Waals surface area contributed by atoms with Gasteiger partial charge >= 0.3 is 0 Å². The highest BCUT2D eigenvalue weighted by molar-refractivity contribution is 7.91. The number of halogens is 1. The standard InChI is InChI=1S/C17H18ClNO3S/c1-13-3-9-16(10-4-13)23(20,21)12-11-17(19-22-2)14-5-7-15(18)8-6-14/h3-10H,11-12H2,1-2H3/b19-17+. The van der Waals surface area contributed by atoms with E-state index >= 15 is 0 Å². The van der Waals surface area contributed by atoms with Gasteiger partial charge in [0, 0.05) is 11.4 Å². The van der Waals surface area contributed by atoms with Crippen molar-refractivity contribution in [2.45, 2.75) is 18.2 Å². The molecule has 2 aromatic rings. The molecule has 0 spiro atoms. The third kappa shape index (κ3) is 4.81. The maximum Gasteiger partial charge on any atom is 0.178 e. The molecule has 0 N–H and O–H groups in total. The van der Waals surface area contributed by atoms with E-state index in [9.17, 15) is 8.42 Å². The van der Waals surface area contributed by atoms with Gasteiger partial charge in [0.1, 0.15) is 7.11 Å². The minimum absolute atomic E-state index is 0.0408. The zero-order chi connectivity index (χ0) is 16.9. The third-order valence-electron chi connectivity index (χ3n) is 3.37. The lowest BCUT2D eigenvalue weighted by Gasteiger charge is -2.08. The predicted octanol–water partition coefficient (Wildman–Crippen LogP) is 3.86. The van der Waals surface area contributed by atoms with E-state index in [-0.39, 0.29) is 12.2 Å². The van der Waals surface area contributed by atoms with Gasteiger partial charge in [-0.2, -0.15) is 0 Å². The summed E-state index contributed by atoms with van der Waals surface area (Å²) in [7, 11) is -1.93. The number of aryl methyl sites for hydroxylation is 1. The number of benzene rings is 2. The van der Waals surface area contributed by atoms with Crippen LogP contribution in [0.25, 0.3) is 0 Å². The van der Waals surface area contributed by atoms with Crippen LogP contribution in [0.5, 0.6) is 0 Å². The van der Waals surface area contributed by atoms with E-state index in [1.807, 2.05) is 6.92 Å². The number of oxime groups is 1. The van der Waals surface area contributed by atoms with Crippen molar-refractivity contribution < 1.29 is 13.3 Å². The minimum atomic E-state index is -3.37. The van der Waals surface area contributed by atoms with Gasteiger partial charge < -0.3 is 4.84 Å². The second-order valence-corrected chi connectivity index (χ2v) is 7.65. The van der Waals surface area contributed by atoms with Crippen molar-refractivity contribution in [1.29, 1.82) is 0 Å². The van der Waals surface area contributed by atoms with Crippen molar-refractivity contribution in [3.8, 4) is 0 Å². The van der Waals surface area contributed by atoms with E-state index < -0.39 is 9.84 Å². The van der Waals surface area contributed by atoms with Crippen LogP contribution in [0.4, 0.5) is 0 Å². The topological polar surface area (TPSA) is 55.7 Å². The molecule has 0 bridgehead atoms. The monoisotopic (exact) mass is 351 g/mol. The van der Waals surface area contributed by atoms with Gasteiger partial charge in [0.25, 0.3) is 0 Å². The Kier molecular flexibility index (Phi) is 5.80. The van der Waals surface area contributed by atoms with Gasteiger partial charge in [-0.3, -0.25) is 0 Å². The first-order valence-electron chi connectivity index (χ1n) is 7.08. The molecule has 0 aliphatic rings. The highest BCUT2D eigenvalue weighted by Gasteiger charge is 2.16. The summed E-state index contributed by atoms with van der Waals surface area (Å²) in [6.07, 6.45) is 0.256. The lowest BCUT2D eigenvalue weighted by Crippen LogP contribution is -2.13. The zero-order valence-corrected chi connectivity index (χ0v) is 14.6. The van der Waals surface area contributed by atoms with Crippen molar-refractivity contribution in [2.24, 2.45) is 5.16 Å². The van der Waals surface area contributed by atoms with E-state index in [2.05, 4.69) is 5.16 Å². The first-order chi connectivity index (χ1) is 10.9. The minimum Gasteiger partial charge on any atom is -0.399 e. The average molecular weight is 352 g/mol. The highest BCUT2D eigenvalue weighted by Crippen LogP contribution is 2.16. The van der Waals surface area contributed by atoms with Crippen LogP contribution < -0.4 is 0 Å². The molecular formula is C17H18ClNO3S. The Morgan fingerprint density at radius 2 is 1.70 bits per heavy atom. The quantitative estimate of drug-likeness (QED) is 0.586. The van der Waals surface area contributed by atoms with E-state index in [0.717, 1.165) is 11.1 Å². The Balaban J connectivity index is 2.17. The molecule has 0 atom stereocenters. The maximum absolute atomic E-state index is 12.4. The summed E-state index contributed by atoms with van der Waals surface area (Å²) < 4.78 is 24.8. The van der Waals surface area contributed by atoms with Crippen molar-refractivity contribution in [3.63, 3.8) is 0 Å². The van der Waals surface area contributed by atoms with Crippen LogP contribution in [0, 0.1) is 6.92 Å². The number of sulfone groups is 1. The summed E-state index contributed by atoms with van der Waals surface area (Å²) in [6.45, 7) is 1.92. The van der Waals surface area contributed by atoms with Gasteiger partial charge in [0.15, 0.2) is 9.84 Å². The molecular weight excluding hydrogens is 334 g/mol. The normalized spacial score (nSPS) is 12.2. The van der Waals surface area contributed by atoms with Gasteiger partial charge in [0.05, 0.1) is 16.4 Å². The summed E-state index contributed by atoms with van der Waals surface area (Å²) in [6, 6.07) is 13.9. The third-order valence-corrected chi connectivity index (χ3v) is 5.35. The number of rotatable bonds is 6. The smallest absolute Gasteiger partial charge is 0.178 e. The Morgan fingerprint density at radius 1 is 1.09 bits per heavy atom. The Morgan fingerprint density at radius 3 is 2.26 bits per heavy atom. The molecule has 2 rings (SSSR count). The molecule has 0 aliphatic heterocycles. The lowest BCUT2D eigenvalue weighted by atomic mass is 10.1. The first-order valence-corrected chi connectivity index (χ1v) is 9.11. The summed E-state index contributed by atoms with van der Waals surface area (Å²) in [5.74, 6) is -0.0408. The zero-order valence-electron chi connectivity index (χ0n) is 13.0. The Bertz CT molecular complexity index is 782. The lowest BCUT2D eigenvalue weighted by molar-refractivity contribution is 0.213. The van der Waals surface area contributed by atoms with Crippen LogP contribution in [-0.2, 0) is 14.7 Å². The van der Waals surface area contributed by atoms with E-state index in [0.29, 0.717) is 15.6 Å². The summed E-state index contributed by atoms with van der Waals surface area (Å²) in [5, 5.41) is 4.55. The molecule has 0 amide bonds. The Labute approximate surface area is 141 Å². The maximum atomic E-state index is 12.4. The summed E-state index contributed by atoms with van der Waals surface area (Å²) in [4.78, 5) is 5.15. The average Bonchev–Trinajstić information content (AvgIpc) is 2.53. The summed E-state index contributed by atoms with van der Waals surface area (Å²) in [5.41, 5.74) is 2.38. The fraction of sp³-hybridized carbons (Fsp3) is 0.235. The van der Waals surface area contributed by atoms with Gasteiger partial charge in [-0.15, -0.1) is 0 Å². The highest BCUT2D eigenvalue weighted by atomic mass is 35.5. The van der Waals surface area contributed by atoms with E-state index in [1.165, 1.54) is 7.11 Å². The second kappa shape index (κ2) is 7.62. The van der Waals surface area contributed by atoms with Crippen LogP contribution >= 0.6 is 11.6 Å². The molecule has 23 heavy (non-hydrogen) atoms. The molecule has 4 nitrogen and oxygen atoms in total. The van der Waals surface area contributed by atoms with Crippen molar-refractivity contribution >= 4 is 27.1 Å². The van der Waals surface area contributed by atoms with Crippen LogP contribution in [0.1, 0.15) is 17.5 Å². The molecule has 6 heteroatoms. The molecule has 0 saturated heterocycles. The van der Waals surface area contributed by atoms with Crippen LogP contribution in [0.2, 0.25) is 5.02 Å². The fourth-order valence-electron chi connectivity index (χ4n) is 2.09. The van der Waals surface area contributed by atoms with Gasteiger partial charge in [-0.1, -0.05) is 46.6 Å².